The summed E-state index contributed by atoms with van der Waals surface area (Å²) in [5, 5.41) is 8.26. The predicted molar refractivity (Wildman–Crippen MR) is 100 cm³/mol. The Morgan fingerprint density at radius 3 is 2.38 bits per heavy atom. The Bertz CT molecular complexity index is 1010. The molecule has 5 nitrogen and oxygen atoms in total. The van der Waals surface area contributed by atoms with Crippen LogP contribution in [0.5, 0.6) is 0 Å². The Labute approximate surface area is 151 Å². The van der Waals surface area contributed by atoms with Crippen molar-refractivity contribution in [2.24, 2.45) is 0 Å². The Morgan fingerprint density at radius 1 is 0.808 bits per heavy atom. The van der Waals surface area contributed by atoms with Gasteiger partial charge in [-0.15, -0.1) is 10.2 Å². The number of rotatable bonds is 5. The van der Waals surface area contributed by atoms with E-state index in [1.807, 2.05) is 36.4 Å². The molecule has 0 saturated heterocycles. The van der Waals surface area contributed by atoms with Gasteiger partial charge in [-0.05, 0) is 24.1 Å². The van der Waals surface area contributed by atoms with Gasteiger partial charge in [0.2, 0.25) is 5.89 Å². The van der Waals surface area contributed by atoms with E-state index >= 15 is 0 Å². The van der Waals surface area contributed by atoms with Gasteiger partial charge in [0.1, 0.15) is 5.69 Å². The van der Waals surface area contributed by atoms with Crippen LogP contribution >= 0.6 is 0 Å². The lowest BCUT2D eigenvalue weighted by atomic mass is 10.0. The van der Waals surface area contributed by atoms with Crippen molar-refractivity contribution in [3.63, 3.8) is 0 Å². The molecule has 0 amide bonds. The van der Waals surface area contributed by atoms with Crippen LogP contribution in [-0.2, 0) is 6.42 Å². The van der Waals surface area contributed by atoms with Crippen LogP contribution in [-0.4, -0.2) is 20.2 Å². The third-order valence-electron chi connectivity index (χ3n) is 4.11. The molecule has 4 rings (SSSR count). The van der Waals surface area contributed by atoms with Crippen molar-refractivity contribution < 1.29 is 4.42 Å². The number of aromatic nitrogens is 4. The summed E-state index contributed by atoms with van der Waals surface area (Å²) < 4.78 is 5.80. The van der Waals surface area contributed by atoms with Crippen LogP contribution in [0.2, 0.25) is 0 Å². The number of hydrogen-bond acceptors (Lipinski definition) is 5. The average molecular weight is 342 g/mol. The van der Waals surface area contributed by atoms with E-state index in [0.29, 0.717) is 17.5 Å². The predicted octanol–water partition coefficient (Wildman–Crippen LogP) is 4.81. The molecule has 2 heterocycles. The first-order valence-electron chi connectivity index (χ1n) is 8.65. The van der Waals surface area contributed by atoms with E-state index in [1.54, 1.807) is 12.4 Å². The Hall–Kier alpha value is -3.34. The van der Waals surface area contributed by atoms with Gasteiger partial charge in [0, 0.05) is 11.1 Å². The van der Waals surface area contributed by atoms with Gasteiger partial charge in [0.25, 0.3) is 5.89 Å². The smallest absolute Gasteiger partial charge is 0.268 e. The topological polar surface area (TPSA) is 64.7 Å². The van der Waals surface area contributed by atoms with Crippen LogP contribution in [0, 0.1) is 0 Å². The summed E-state index contributed by atoms with van der Waals surface area (Å²) in [4.78, 5) is 9.03. The molecule has 5 heteroatoms. The molecule has 26 heavy (non-hydrogen) atoms. The highest BCUT2D eigenvalue weighted by atomic mass is 16.4. The van der Waals surface area contributed by atoms with Gasteiger partial charge < -0.3 is 4.42 Å². The zero-order chi connectivity index (χ0) is 17.8. The van der Waals surface area contributed by atoms with Crippen LogP contribution in [0.3, 0.4) is 0 Å². The maximum Gasteiger partial charge on any atom is 0.268 e. The first-order chi connectivity index (χ1) is 12.8. The normalized spacial score (nSPS) is 10.8. The van der Waals surface area contributed by atoms with Crippen molar-refractivity contribution in [2.45, 2.75) is 19.8 Å². The largest absolute Gasteiger partial charge is 0.415 e. The summed E-state index contributed by atoms with van der Waals surface area (Å²) in [5.74, 6) is 0.838. The second kappa shape index (κ2) is 7.27. The standard InChI is InChI=1S/C21H18N4O/c1-2-8-15-9-6-7-12-17(15)18-13-22-14-19(23-18)21-25-24-20(26-21)16-10-4-3-5-11-16/h3-7,9-14H,2,8H2,1H3. The van der Waals surface area contributed by atoms with Crippen molar-refractivity contribution in [3.8, 4) is 34.3 Å². The van der Waals surface area contributed by atoms with E-state index in [2.05, 4.69) is 40.3 Å². The molecule has 0 aliphatic heterocycles. The Kier molecular flexibility index (Phi) is 4.51. The molecule has 0 N–H and O–H groups in total. The highest BCUT2D eigenvalue weighted by molar-refractivity contribution is 5.65. The molecule has 0 saturated carbocycles. The molecule has 0 aliphatic rings. The second-order valence-electron chi connectivity index (χ2n) is 5.98. The minimum atomic E-state index is 0.367. The molecule has 0 fully saturated rings. The first-order valence-corrected chi connectivity index (χ1v) is 8.65. The maximum atomic E-state index is 5.80. The van der Waals surface area contributed by atoms with E-state index in [4.69, 9.17) is 9.40 Å². The number of nitrogens with zero attached hydrogens (tertiary/aromatic N) is 4. The van der Waals surface area contributed by atoms with Crippen molar-refractivity contribution >= 4 is 0 Å². The Morgan fingerprint density at radius 2 is 1.54 bits per heavy atom. The van der Waals surface area contributed by atoms with Gasteiger partial charge in [0.05, 0.1) is 18.1 Å². The number of aryl methyl sites for hydroxylation is 1. The molecule has 0 atom stereocenters. The fraction of sp³-hybridized carbons (Fsp3) is 0.143. The summed E-state index contributed by atoms with van der Waals surface area (Å²) in [6.07, 6.45) is 5.50. The molecule has 0 bridgehead atoms. The van der Waals surface area contributed by atoms with Crippen molar-refractivity contribution in [3.05, 3.63) is 72.6 Å². The molecule has 0 spiro atoms. The molecule has 0 radical (unpaired) electrons. The highest BCUT2D eigenvalue weighted by Crippen LogP contribution is 2.26. The van der Waals surface area contributed by atoms with Crippen molar-refractivity contribution in [2.75, 3.05) is 0 Å². The van der Waals surface area contributed by atoms with E-state index < -0.39 is 0 Å². The van der Waals surface area contributed by atoms with Gasteiger partial charge in [0.15, 0.2) is 0 Å². The minimum Gasteiger partial charge on any atom is -0.415 e. The monoisotopic (exact) mass is 342 g/mol. The minimum absolute atomic E-state index is 0.367. The molecular weight excluding hydrogens is 324 g/mol. The molecule has 4 aromatic rings. The highest BCUT2D eigenvalue weighted by Gasteiger charge is 2.14. The van der Waals surface area contributed by atoms with Crippen LogP contribution < -0.4 is 0 Å². The molecule has 0 unspecified atom stereocenters. The Balaban J connectivity index is 1.70. The lowest BCUT2D eigenvalue weighted by Crippen LogP contribution is -1.94. The van der Waals surface area contributed by atoms with E-state index in [0.717, 1.165) is 29.7 Å². The zero-order valence-electron chi connectivity index (χ0n) is 14.5. The van der Waals surface area contributed by atoms with Gasteiger partial charge in [-0.2, -0.15) is 0 Å². The van der Waals surface area contributed by atoms with Crippen LogP contribution in [0.1, 0.15) is 18.9 Å². The quantitative estimate of drug-likeness (QED) is 0.520. The second-order valence-corrected chi connectivity index (χ2v) is 5.98. The molecule has 2 aromatic carbocycles. The van der Waals surface area contributed by atoms with E-state index in [9.17, 15) is 0 Å². The third kappa shape index (κ3) is 3.24. The van der Waals surface area contributed by atoms with E-state index in [-0.39, 0.29) is 0 Å². The lowest BCUT2D eigenvalue weighted by molar-refractivity contribution is 0.582. The molecular formula is C21H18N4O. The summed E-state index contributed by atoms with van der Waals surface area (Å²) in [7, 11) is 0. The van der Waals surface area contributed by atoms with Gasteiger partial charge >= 0.3 is 0 Å². The molecule has 128 valence electrons. The number of hydrogen-bond donors (Lipinski definition) is 0. The average Bonchev–Trinajstić information content (AvgIpc) is 3.20. The maximum absolute atomic E-state index is 5.80. The fourth-order valence-corrected chi connectivity index (χ4v) is 2.88. The van der Waals surface area contributed by atoms with Crippen LogP contribution in [0.4, 0.5) is 0 Å². The first kappa shape index (κ1) is 16.1. The summed E-state index contributed by atoms with van der Waals surface area (Å²) in [5.41, 5.74) is 4.61. The SMILES string of the molecule is CCCc1ccccc1-c1cncc(-c2nnc(-c3ccccc3)o2)n1. The zero-order valence-corrected chi connectivity index (χ0v) is 14.5. The lowest BCUT2D eigenvalue weighted by Gasteiger charge is -2.08. The molecule has 0 aliphatic carbocycles. The fourth-order valence-electron chi connectivity index (χ4n) is 2.88. The van der Waals surface area contributed by atoms with Crippen molar-refractivity contribution in [1.29, 1.82) is 0 Å². The summed E-state index contributed by atoms with van der Waals surface area (Å²) in [6.45, 7) is 2.17. The third-order valence-corrected chi connectivity index (χ3v) is 4.11. The number of benzene rings is 2. The van der Waals surface area contributed by atoms with Crippen molar-refractivity contribution in [1.82, 2.24) is 20.2 Å². The van der Waals surface area contributed by atoms with Gasteiger partial charge in [-0.1, -0.05) is 55.8 Å². The molecule has 2 aromatic heterocycles. The van der Waals surface area contributed by atoms with Gasteiger partial charge in [-0.25, -0.2) is 4.98 Å². The van der Waals surface area contributed by atoms with Crippen LogP contribution in [0.15, 0.2) is 71.4 Å². The summed E-state index contributed by atoms with van der Waals surface area (Å²) in [6, 6.07) is 18.0. The summed E-state index contributed by atoms with van der Waals surface area (Å²) >= 11 is 0. The van der Waals surface area contributed by atoms with E-state index in [1.165, 1.54) is 5.56 Å². The van der Waals surface area contributed by atoms with Gasteiger partial charge in [-0.3, -0.25) is 4.98 Å². The van der Waals surface area contributed by atoms with Crippen LogP contribution in [0.25, 0.3) is 34.3 Å².